The van der Waals surface area contributed by atoms with E-state index in [2.05, 4.69) is 10.1 Å². The average Bonchev–Trinajstić information content (AvgIpc) is 3.22. The van der Waals surface area contributed by atoms with Crippen molar-refractivity contribution in [1.29, 1.82) is 0 Å². The first kappa shape index (κ1) is 16.3. The fourth-order valence-corrected chi connectivity index (χ4v) is 2.83. The first-order valence-corrected chi connectivity index (χ1v) is 7.89. The van der Waals surface area contributed by atoms with Crippen LogP contribution < -0.4 is 0 Å². The van der Waals surface area contributed by atoms with E-state index in [4.69, 9.17) is 4.52 Å². The van der Waals surface area contributed by atoms with Crippen molar-refractivity contribution < 1.29 is 18.5 Å². The zero-order valence-electron chi connectivity index (χ0n) is 13.4. The molecule has 0 bridgehead atoms. The third-order valence-corrected chi connectivity index (χ3v) is 4.17. The minimum absolute atomic E-state index is 0.0583. The number of rotatable bonds is 5. The number of amides is 1. The summed E-state index contributed by atoms with van der Waals surface area (Å²) in [4.78, 5) is 30.2. The van der Waals surface area contributed by atoms with Gasteiger partial charge in [0.25, 0.3) is 0 Å². The Bertz CT molecular complexity index is 742. The summed E-state index contributed by atoms with van der Waals surface area (Å²) in [5.74, 6) is 0.589. The molecule has 0 saturated carbocycles. The van der Waals surface area contributed by atoms with Gasteiger partial charge in [0.2, 0.25) is 11.8 Å². The van der Waals surface area contributed by atoms with Gasteiger partial charge in [0, 0.05) is 31.5 Å². The molecule has 0 N–H and O–H groups in total. The van der Waals surface area contributed by atoms with Crippen molar-refractivity contribution in [3.63, 3.8) is 0 Å². The van der Waals surface area contributed by atoms with Gasteiger partial charge in [0.15, 0.2) is 11.6 Å². The highest BCUT2D eigenvalue weighted by atomic mass is 19.1. The van der Waals surface area contributed by atoms with Gasteiger partial charge in [-0.15, -0.1) is 0 Å². The van der Waals surface area contributed by atoms with E-state index < -0.39 is 0 Å². The SMILES string of the molecule is Cc1noc(C2CCN(C(=O)CCC(=O)c3ccc(F)cc3)C2)n1. The van der Waals surface area contributed by atoms with Crippen LogP contribution >= 0.6 is 0 Å². The maximum absolute atomic E-state index is 12.9. The van der Waals surface area contributed by atoms with E-state index in [1.165, 1.54) is 24.3 Å². The van der Waals surface area contributed by atoms with Crippen molar-refractivity contribution in [1.82, 2.24) is 15.0 Å². The van der Waals surface area contributed by atoms with Crippen molar-refractivity contribution >= 4 is 11.7 Å². The lowest BCUT2D eigenvalue weighted by atomic mass is 10.1. The van der Waals surface area contributed by atoms with Crippen LogP contribution in [0.2, 0.25) is 0 Å². The monoisotopic (exact) mass is 331 g/mol. The largest absolute Gasteiger partial charge is 0.342 e. The predicted octanol–water partition coefficient (Wildman–Crippen LogP) is 2.50. The number of aryl methyl sites for hydroxylation is 1. The molecule has 1 unspecified atom stereocenters. The molecule has 1 fully saturated rings. The van der Waals surface area contributed by atoms with E-state index >= 15 is 0 Å². The molecule has 6 nitrogen and oxygen atoms in total. The molecule has 1 atom stereocenters. The molecular formula is C17H18FN3O3. The van der Waals surface area contributed by atoms with Gasteiger partial charge in [-0.3, -0.25) is 9.59 Å². The number of halogens is 1. The summed E-state index contributed by atoms with van der Waals surface area (Å²) < 4.78 is 18.0. The van der Waals surface area contributed by atoms with Gasteiger partial charge < -0.3 is 9.42 Å². The van der Waals surface area contributed by atoms with Crippen LogP contribution in [0.25, 0.3) is 0 Å². The zero-order chi connectivity index (χ0) is 17.1. The molecule has 1 aliphatic rings. The Labute approximate surface area is 138 Å². The highest BCUT2D eigenvalue weighted by Crippen LogP contribution is 2.26. The van der Waals surface area contributed by atoms with Crippen molar-refractivity contribution in [2.75, 3.05) is 13.1 Å². The van der Waals surface area contributed by atoms with Crippen molar-refractivity contribution in [2.24, 2.45) is 0 Å². The fourth-order valence-electron chi connectivity index (χ4n) is 2.83. The number of likely N-dealkylation sites (tertiary alicyclic amines) is 1. The summed E-state index contributed by atoms with van der Waals surface area (Å²) in [5.41, 5.74) is 0.421. The van der Waals surface area contributed by atoms with Gasteiger partial charge in [0.05, 0.1) is 5.92 Å². The predicted molar refractivity (Wildman–Crippen MR) is 82.9 cm³/mol. The number of benzene rings is 1. The molecule has 1 saturated heterocycles. The Kier molecular flexibility index (Phi) is 4.69. The topological polar surface area (TPSA) is 76.3 Å². The molecule has 1 amide bonds. The highest BCUT2D eigenvalue weighted by molar-refractivity contribution is 5.97. The van der Waals surface area contributed by atoms with E-state index in [1.807, 2.05) is 0 Å². The van der Waals surface area contributed by atoms with E-state index in [0.717, 1.165) is 6.42 Å². The quantitative estimate of drug-likeness (QED) is 0.787. The van der Waals surface area contributed by atoms with Crippen LogP contribution in [-0.2, 0) is 4.79 Å². The molecule has 1 aromatic carbocycles. The van der Waals surface area contributed by atoms with Gasteiger partial charge in [-0.05, 0) is 37.6 Å². The maximum atomic E-state index is 12.9. The zero-order valence-corrected chi connectivity index (χ0v) is 13.4. The third-order valence-electron chi connectivity index (χ3n) is 4.17. The molecule has 0 spiro atoms. The molecule has 1 aliphatic heterocycles. The van der Waals surface area contributed by atoms with Gasteiger partial charge in [-0.2, -0.15) is 4.98 Å². The summed E-state index contributed by atoms with van der Waals surface area (Å²) in [7, 11) is 0. The van der Waals surface area contributed by atoms with E-state index in [9.17, 15) is 14.0 Å². The Hall–Kier alpha value is -2.57. The van der Waals surface area contributed by atoms with Crippen molar-refractivity contribution in [3.8, 4) is 0 Å². The Morgan fingerprint density at radius 1 is 1.29 bits per heavy atom. The Balaban J connectivity index is 1.50. The standard InChI is InChI=1S/C17H18FN3O3/c1-11-19-17(24-20-11)13-8-9-21(10-13)16(23)7-6-15(22)12-2-4-14(18)5-3-12/h2-5,13H,6-10H2,1H3. The number of hydrogen-bond acceptors (Lipinski definition) is 5. The first-order chi connectivity index (χ1) is 11.5. The number of ketones is 1. The van der Waals surface area contributed by atoms with Crippen LogP contribution in [0.3, 0.4) is 0 Å². The smallest absolute Gasteiger partial charge is 0.231 e. The number of Topliss-reactive ketones (excluding diaryl/α,β-unsaturated/α-hetero) is 1. The number of aromatic nitrogens is 2. The van der Waals surface area contributed by atoms with Crippen LogP contribution in [0.15, 0.2) is 28.8 Å². The molecular weight excluding hydrogens is 313 g/mol. The Morgan fingerprint density at radius 3 is 2.71 bits per heavy atom. The minimum atomic E-state index is -0.387. The molecule has 2 heterocycles. The first-order valence-electron chi connectivity index (χ1n) is 7.89. The molecule has 3 rings (SSSR count). The van der Waals surface area contributed by atoms with Gasteiger partial charge >= 0.3 is 0 Å². The average molecular weight is 331 g/mol. The van der Waals surface area contributed by atoms with Gasteiger partial charge in [-0.1, -0.05) is 5.16 Å². The second kappa shape index (κ2) is 6.90. The van der Waals surface area contributed by atoms with E-state index in [1.54, 1.807) is 11.8 Å². The Morgan fingerprint density at radius 2 is 2.04 bits per heavy atom. The van der Waals surface area contributed by atoms with Gasteiger partial charge in [0.1, 0.15) is 5.82 Å². The van der Waals surface area contributed by atoms with Crippen LogP contribution in [0, 0.1) is 12.7 Å². The highest BCUT2D eigenvalue weighted by Gasteiger charge is 2.30. The second-order valence-corrected chi connectivity index (χ2v) is 5.94. The molecule has 24 heavy (non-hydrogen) atoms. The normalized spacial score (nSPS) is 17.2. The van der Waals surface area contributed by atoms with Crippen LogP contribution in [-0.4, -0.2) is 39.8 Å². The number of nitrogens with zero attached hydrogens (tertiary/aromatic N) is 3. The lowest BCUT2D eigenvalue weighted by molar-refractivity contribution is -0.130. The number of carbonyl (C=O) groups excluding carboxylic acids is 2. The molecule has 1 aromatic heterocycles. The summed E-state index contributed by atoms with van der Waals surface area (Å²) >= 11 is 0. The van der Waals surface area contributed by atoms with Gasteiger partial charge in [-0.25, -0.2) is 4.39 Å². The molecule has 126 valence electrons. The summed E-state index contributed by atoms with van der Waals surface area (Å²) in [6.45, 7) is 2.91. The maximum Gasteiger partial charge on any atom is 0.231 e. The third kappa shape index (κ3) is 3.67. The molecule has 0 aliphatic carbocycles. The number of hydrogen-bond donors (Lipinski definition) is 0. The van der Waals surface area contributed by atoms with Crippen LogP contribution in [0.1, 0.15) is 47.3 Å². The van der Waals surface area contributed by atoms with Crippen LogP contribution in [0.4, 0.5) is 4.39 Å². The van der Waals surface area contributed by atoms with Crippen molar-refractivity contribution in [3.05, 3.63) is 47.4 Å². The summed E-state index contributed by atoms with van der Waals surface area (Å²) in [5, 5.41) is 3.77. The van der Waals surface area contributed by atoms with Crippen molar-refractivity contribution in [2.45, 2.75) is 32.1 Å². The lowest BCUT2D eigenvalue weighted by Gasteiger charge is -2.15. The minimum Gasteiger partial charge on any atom is -0.342 e. The summed E-state index contributed by atoms with van der Waals surface area (Å²) in [6.07, 6.45) is 1.04. The molecule has 7 heteroatoms. The summed E-state index contributed by atoms with van der Waals surface area (Å²) in [6, 6.07) is 5.36. The van der Waals surface area contributed by atoms with Crippen LogP contribution in [0.5, 0.6) is 0 Å². The second-order valence-electron chi connectivity index (χ2n) is 5.94. The molecule has 0 radical (unpaired) electrons. The lowest BCUT2D eigenvalue weighted by Crippen LogP contribution is -2.28. The van der Waals surface area contributed by atoms with E-state index in [-0.39, 0.29) is 36.3 Å². The van der Waals surface area contributed by atoms with E-state index in [0.29, 0.717) is 30.4 Å². The number of carbonyl (C=O) groups is 2. The molecule has 2 aromatic rings. The fraction of sp³-hybridized carbons (Fsp3) is 0.412.